The second kappa shape index (κ2) is 8.56. The van der Waals surface area contributed by atoms with Gasteiger partial charge in [-0.05, 0) is 12.3 Å². The Morgan fingerprint density at radius 2 is 1.88 bits per heavy atom. The van der Waals surface area contributed by atoms with Crippen LogP contribution in [0.1, 0.15) is 33.6 Å². The van der Waals surface area contributed by atoms with E-state index < -0.39 is 0 Å². The first-order valence-electron chi connectivity index (χ1n) is 5.65. The summed E-state index contributed by atoms with van der Waals surface area (Å²) in [5.41, 5.74) is 0. The van der Waals surface area contributed by atoms with E-state index >= 15 is 0 Å². The molecule has 0 aromatic heterocycles. The highest BCUT2D eigenvalue weighted by Crippen LogP contribution is 2.03. The van der Waals surface area contributed by atoms with Gasteiger partial charge in [-0.1, -0.05) is 36.7 Å². The molecule has 0 fully saturated rings. The van der Waals surface area contributed by atoms with E-state index in [-0.39, 0.29) is 16.6 Å². The van der Waals surface area contributed by atoms with Crippen LogP contribution in [-0.2, 0) is 9.59 Å². The van der Waals surface area contributed by atoms with Gasteiger partial charge in [0, 0.05) is 19.5 Å². The Labute approximate surface area is 106 Å². The van der Waals surface area contributed by atoms with Crippen molar-refractivity contribution in [1.82, 2.24) is 10.6 Å². The van der Waals surface area contributed by atoms with Crippen LogP contribution in [-0.4, -0.2) is 29.7 Å². The summed E-state index contributed by atoms with van der Waals surface area (Å²) < 4.78 is 0. The molecule has 0 saturated carbocycles. The predicted molar refractivity (Wildman–Crippen MR) is 68.5 cm³/mol. The summed E-state index contributed by atoms with van der Waals surface area (Å²) in [6.07, 6.45) is 1.08. The zero-order valence-electron chi connectivity index (χ0n) is 10.2. The fourth-order valence-electron chi connectivity index (χ4n) is 1.00. The summed E-state index contributed by atoms with van der Waals surface area (Å²) in [5, 5.41) is 5.50. The molecule has 0 saturated heterocycles. The van der Waals surface area contributed by atoms with Gasteiger partial charge in [0.2, 0.25) is 11.8 Å². The average Bonchev–Trinajstić information content (AvgIpc) is 2.24. The predicted octanol–water partition coefficient (Wildman–Crippen LogP) is 1.44. The van der Waals surface area contributed by atoms with E-state index in [1.54, 1.807) is 0 Å². The van der Waals surface area contributed by atoms with Crippen LogP contribution in [0.5, 0.6) is 0 Å². The summed E-state index contributed by atoms with van der Waals surface area (Å²) in [6, 6.07) is 0. The van der Waals surface area contributed by atoms with E-state index in [0.29, 0.717) is 25.4 Å². The summed E-state index contributed by atoms with van der Waals surface area (Å²) >= 11 is 3.25. The number of alkyl halides is 1. The van der Waals surface area contributed by atoms with E-state index in [0.717, 1.165) is 6.42 Å². The van der Waals surface area contributed by atoms with Gasteiger partial charge in [0.15, 0.2) is 0 Å². The minimum atomic E-state index is -0.161. The third-order valence-corrected chi connectivity index (χ3v) is 3.07. The Kier molecular flexibility index (Phi) is 8.25. The second-order valence-corrected chi connectivity index (χ2v) is 5.22. The topological polar surface area (TPSA) is 58.2 Å². The first-order chi connectivity index (χ1) is 7.47. The van der Waals surface area contributed by atoms with Crippen LogP contribution in [0, 0.1) is 5.92 Å². The molecule has 4 nitrogen and oxygen atoms in total. The first kappa shape index (κ1) is 15.4. The lowest BCUT2D eigenvalue weighted by atomic mass is 10.2. The molecule has 0 aliphatic rings. The number of hydrogen-bond acceptors (Lipinski definition) is 2. The molecule has 0 aromatic rings. The van der Waals surface area contributed by atoms with Crippen LogP contribution in [0.2, 0.25) is 0 Å². The number of amides is 2. The zero-order valence-corrected chi connectivity index (χ0v) is 11.8. The van der Waals surface area contributed by atoms with Gasteiger partial charge in [0.25, 0.3) is 0 Å². The molecule has 0 spiro atoms. The fourth-order valence-corrected chi connectivity index (χ4v) is 1.16. The molecule has 16 heavy (non-hydrogen) atoms. The molecule has 0 bridgehead atoms. The molecule has 94 valence electrons. The molecule has 1 atom stereocenters. The van der Waals surface area contributed by atoms with Gasteiger partial charge in [-0.15, -0.1) is 0 Å². The van der Waals surface area contributed by atoms with Crippen molar-refractivity contribution >= 4 is 27.7 Å². The maximum Gasteiger partial charge on any atom is 0.233 e. The minimum absolute atomic E-state index is 0.0170. The molecule has 0 aromatic carbocycles. The van der Waals surface area contributed by atoms with Crippen molar-refractivity contribution < 1.29 is 9.59 Å². The van der Waals surface area contributed by atoms with E-state index in [1.807, 2.05) is 20.8 Å². The normalized spacial score (nSPS) is 12.3. The quantitative estimate of drug-likeness (QED) is 0.698. The third-order valence-electron chi connectivity index (χ3n) is 2.00. The monoisotopic (exact) mass is 292 g/mol. The van der Waals surface area contributed by atoms with Crippen LogP contribution >= 0.6 is 15.9 Å². The van der Waals surface area contributed by atoms with Gasteiger partial charge >= 0.3 is 0 Å². The van der Waals surface area contributed by atoms with Crippen LogP contribution in [0.4, 0.5) is 0 Å². The SMILES string of the molecule is CCC(Br)C(=O)NCCC(=O)NCC(C)C. The molecule has 0 aliphatic carbocycles. The van der Waals surface area contributed by atoms with Crippen molar-refractivity contribution in [1.29, 1.82) is 0 Å². The van der Waals surface area contributed by atoms with Crippen molar-refractivity contribution in [3.63, 3.8) is 0 Å². The summed E-state index contributed by atoms with van der Waals surface area (Å²) in [4.78, 5) is 22.5. The Morgan fingerprint density at radius 3 is 2.38 bits per heavy atom. The maximum absolute atomic E-state index is 11.3. The molecule has 0 heterocycles. The maximum atomic E-state index is 11.3. The average molecular weight is 293 g/mol. The Balaban J connectivity index is 3.58. The van der Waals surface area contributed by atoms with Crippen molar-refractivity contribution in [2.45, 2.75) is 38.4 Å². The van der Waals surface area contributed by atoms with E-state index in [4.69, 9.17) is 0 Å². The van der Waals surface area contributed by atoms with Crippen LogP contribution in [0.3, 0.4) is 0 Å². The number of nitrogens with one attached hydrogen (secondary N) is 2. The number of carbonyl (C=O) groups excluding carboxylic acids is 2. The van der Waals surface area contributed by atoms with Gasteiger partial charge < -0.3 is 10.6 Å². The van der Waals surface area contributed by atoms with Crippen molar-refractivity contribution in [2.24, 2.45) is 5.92 Å². The van der Waals surface area contributed by atoms with Crippen molar-refractivity contribution in [3.8, 4) is 0 Å². The lowest BCUT2D eigenvalue weighted by molar-refractivity contribution is -0.122. The molecular weight excluding hydrogens is 272 g/mol. The highest BCUT2D eigenvalue weighted by molar-refractivity contribution is 9.10. The summed E-state index contributed by atoms with van der Waals surface area (Å²) in [5.74, 6) is 0.376. The Bertz CT molecular complexity index is 232. The molecular formula is C11H21BrN2O2. The zero-order chi connectivity index (χ0) is 12.6. The molecule has 0 radical (unpaired) electrons. The third kappa shape index (κ3) is 7.68. The molecule has 5 heteroatoms. The number of rotatable bonds is 7. The Morgan fingerprint density at radius 1 is 1.25 bits per heavy atom. The minimum Gasteiger partial charge on any atom is -0.356 e. The van der Waals surface area contributed by atoms with Crippen LogP contribution in [0.15, 0.2) is 0 Å². The van der Waals surface area contributed by atoms with Gasteiger partial charge in [-0.3, -0.25) is 9.59 Å². The van der Waals surface area contributed by atoms with Crippen LogP contribution < -0.4 is 10.6 Å². The molecule has 2 amide bonds. The van der Waals surface area contributed by atoms with Gasteiger partial charge in [0.1, 0.15) is 0 Å². The van der Waals surface area contributed by atoms with Crippen molar-refractivity contribution in [2.75, 3.05) is 13.1 Å². The fraction of sp³-hybridized carbons (Fsp3) is 0.818. The first-order valence-corrected chi connectivity index (χ1v) is 6.57. The van der Waals surface area contributed by atoms with Crippen LogP contribution in [0.25, 0.3) is 0 Å². The lowest BCUT2D eigenvalue weighted by Gasteiger charge is -2.10. The molecule has 1 unspecified atom stereocenters. The number of halogens is 1. The van der Waals surface area contributed by atoms with E-state index in [9.17, 15) is 9.59 Å². The van der Waals surface area contributed by atoms with Gasteiger partial charge in [0.05, 0.1) is 4.83 Å². The number of hydrogen-bond donors (Lipinski definition) is 2. The van der Waals surface area contributed by atoms with E-state index in [2.05, 4.69) is 26.6 Å². The highest BCUT2D eigenvalue weighted by atomic mass is 79.9. The van der Waals surface area contributed by atoms with Crippen molar-refractivity contribution in [3.05, 3.63) is 0 Å². The lowest BCUT2D eigenvalue weighted by Crippen LogP contribution is -2.35. The largest absolute Gasteiger partial charge is 0.356 e. The standard InChI is InChI=1S/C11H21BrN2O2/c1-4-9(12)11(16)13-6-5-10(15)14-7-8(2)3/h8-9H,4-7H2,1-3H3,(H,13,16)(H,14,15). The van der Waals surface area contributed by atoms with E-state index in [1.165, 1.54) is 0 Å². The highest BCUT2D eigenvalue weighted by Gasteiger charge is 2.11. The Hall–Kier alpha value is -0.580. The second-order valence-electron chi connectivity index (χ2n) is 4.11. The summed E-state index contributed by atoms with van der Waals surface area (Å²) in [6.45, 7) is 7.08. The smallest absolute Gasteiger partial charge is 0.233 e. The molecule has 0 rings (SSSR count). The van der Waals surface area contributed by atoms with Gasteiger partial charge in [-0.25, -0.2) is 0 Å². The molecule has 2 N–H and O–H groups in total. The van der Waals surface area contributed by atoms with Gasteiger partial charge in [-0.2, -0.15) is 0 Å². The number of carbonyl (C=O) groups is 2. The molecule has 0 aliphatic heterocycles. The summed E-state index contributed by atoms with van der Waals surface area (Å²) in [7, 11) is 0.